The average molecular weight is 448 g/mol. The summed E-state index contributed by atoms with van der Waals surface area (Å²) in [6, 6.07) is 0. The van der Waals surface area contributed by atoms with Crippen LogP contribution in [0.4, 0.5) is 0 Å². The molecule has 0 heterocycles. The monoisotopic (exact) mass is 448 g/mol. The van der Waals surface area contributed by atoms with E-state index in [1.54, 1.807) is 0 Å². The minimum atomic E-state index is -0.805. The third-order valence-corrected chi connectivity index (χ3v) is 8.45. The Morgan fingerprint density at radius 1 is 0.812 bits per heavy atom. The number of alkyl halides is 2. The molecule has 4 aliphatic rings. The number of halogens is 2. The summed E-state index contributed by atoms with van der Waals surface area (Å²) in [6.07, 6.45) is 2.08. The number of hydrogen-bond donors (Lipinski definition) is 2. The summed E-state index contributed by atoms with van der Waals surface area (Å²) in [5.74, 6) is -1.61. The number of rotatable bonds is 2. The van der Waals surface area contributed by atoms with E-state index in [0.29, 0.717) is 19.3 Å². The molecule has 2 N–H and O–H groups in total. The molecule has 0 aromatic heterocycles. The van der Waals surface area contributed by atoms with Gasteiger partial charge in [0.1, 0.15) is 0 Å². The maximum absolute atomic E-state index is 11.5. The first kappa shape index (κ1) is 11.5. The fraction of sp³-hybridized carbons (Fsp3) is 0.800. The first-order valence-corrected chi connectivity index (χ1v) is 7.22. The molecule has 0 amide bonds. The van der Waals surface area contributed by atoms with Crippen LogP contribution < -0.4 is 0 Å². The number of hydrogen-bond acceptors (Lipinski definition) is 2. The van der Waals surface area contributed by atoms with E-state index in [1.807, 2.05) is 0 Å². The van der Waals surface area contributed by atoms with Gasteiger partial charge in [-0.1, -0.05) is 45.2 Å². The minimum Gasteiger partial charge on any atom is -0.481 e. The van der Waals surface area contributed by atoms with Crippen LogP contribution in [0, 0.1) is 10.8 Å². The smallest absolute Gasteiger partial charge is 0.311 e. The van der Waals surface area contributed by atoms with Crippen LogP contribution in [0.25, 0.3) is 0 Å². The molecule has 0 radical (unpaired) electrons. The van der Waals surface area contributed by atoms with E-state index in [4.69, 9.17) is 0 Å². The van der Waals surface area contributed by atoms with Gasteiger partial charge in [0.05, 0.1) is 10.8 Å². The van der Waals surface area contributed by atoms with Crippen LogP contribution >= 0.6 is 45.2 Å². The summed E-state index contributed by atoms with van der Waals surface area (Å²) >= 11 is 4.42. The molecular formula is C10H10I2O4. The molecule has 0 aromatic carbocycles. The van der Waals surface area contributed by atoms with Gasteiger partial charge < -0.3 is 10.2 Å². The summed E-state index contributed by atoms with van der Waals surface area (Å²) in [6.45, 7) is 0. The Bertz CT molecular complexity index is 401. The van der Waals surface area contributed by atoms with Gasteiger partial charge >= 0.3 is 11.9 Å². The molecule has 4 rings (SSSR count). The molecule has 0 aromatic rings. The maximum atomic E-state index is 11.5. The van der Waals surface area contributed by atoms with E-state index >= 15 is 0 Å². The van der Waals surface area contributed by atoms with Crippen LogP contribution in [-0.4, -0.2) is 29.0 Å². The maximum Gasteiger partial charge on any atom is 0.311 e. The summed E-state index contributed by atoms with van der Waals surface area (Å²) in [4.78, 5) is 23.1. The van der Waals surface area contributed by atoms with Crippen molar-refractivity contribution in [2.24, 2.45) is 10.8 Å². The normalized spacial score (nSPS) is 57.1. The summed E-state index contributed by atoms with van der Waals surface area (Å²) in [5, 5.41) is 18.9. The van der Waals surface area contributed by atoms with Crippen LogP contribution in [0.3, 0.4) is 0 Å². The Labute approximate surface area is 119 Å². The molecule has 88 valence electrons. The van der Waals surface area contributed by atoms with Crippen molar-refractivity contribution in [2.75, 3.05) is 0 Å². The molecule has 0 spiro atoms. The molecule has 0 unspecified atom stereocenters. The van der Waals surface area contributed by atoms with Crippen molar-refractivity contribution in [1.82, 2.24) is 0 Å². The van der Waals surface area contributed by atoms with Crippen molar-refractivity contribution in [1.29, 1.82) is 0 Å². The van der Waals surface area contributed by atoms with Crippen LogP contribution in [-0.2, 0) is 9.59 Å². The fourth-order valence-electron chi connectivity index (χ4n) is 4.16. The van der Waals surface area contributed by atoms with Crippen LogP contribution in [0.15, 0.2) is 0 Å². The second-order valence-corrected chi connectivity index (χ2v) is 9.54. The summed E-state index contributed by atoms with van der Waals surface area (Å²) in [7, 11) is 0. The highest BCUT2D eigenvalue weighted by Gasteiger charge is 2.87. The standard InChI is InChI=1S/C10H10I2O4/c11-9-2-7(5(13)14)1-8(9,6(15)16)3-10(7,12)4-9/h1-4H2,(H,13,14)(H,15,16)/t7-,8-,9-,10-/m1/s1. The van der Waals surface area contributed by atoms with Gasteiger partial charge in [-0.05, 0) is 25.7 Å². The highest BCUT2D eigenvalue weighted by atomic mass is 127. The lowest BCUT2D eigenvalue weighted by Gasteiger charge is -2.31. The van der Waals surface area contributed by atoms with Gasteiger partial charge in [0.2, 0.25) is 0 Å². The average Bonchev–Trinajstić information content (AvgIpc) is 2.64. The number of aliphatic carboxylic acids is 2. The zero-order chi connectivity index (χ0) is 12.0. The summed E-state index contributed by atoms with van der Waals surface area (Å²) < 4.78 is -0.702. The molecule has 6 heteroatoms. The summed E-state index contributed by atoms with van der Waals surface area (Å²) in [5.41, 5.74) is -1.60. The molecule has 4 nitrogen and oxygen atoms in total. The predicted octanol–water partition coefficient (Wildman–Crippen LogP) is 2.08. The van der Waals surface area contributed by atoms with Gasteiger partial charge in [0.25, 0.3) is 0 Å². The lowest BCUT2D eigenvalue weighted by atomic mass is 9.80. The van der Waals surface area contributed by atoms with Crippen LogP contribution in [0.5, 0.6) is 0 Å². The van der Waals surface area contributed by atoms with Gasteiger partial charge in [-0.2, -0.15) is 0 Å². The van der Waals surface area contributed by atoms with E-state index < -0.39 is 22.8 Å². The molecular weight excluding hydrogens is 438 g/mol. The van der Waals surface area contributed by atoms with Crippen molar-refractivity contribution >= 4 is 57.1 Å². The van der Waals surface area contributed by atoms with Crippen molar-refractivity contribution < 1.29 is 19.8 Å². The number of carbonyl (C=O) groups is 2. The lowest BCUT2D eigenvalue weighted by Crippen LogP contribution is -2.40. The van der Waals surface area contributed by atoms with Gasteiger partial charge in [-0.25, -0.2) is 0 Å². The zero-order valence-electron chi connectivity index (χ0n) is 8.30. The van der Waals surface area contributed by atoms with Crippen LogP contribution in [0.1, 0.15) is 25.7 Å². The Morgan fingerprint density at radius 2 is 1.19 bits per heavy atom. The molecule has 4 fully saturated rings. The van der Waals surface area contributed by atoms with E-state index in [1.165, 1.54) is 0 Å². The highest BCUT2D eigenvalue weighted by Crippen LogP contribution is 2.84. The molecule has 0 saturated heterocycles. The van der Waals surface area contributed by atoms with Crippen molar-refractivity contribution in [2.45, 2.75) is 32.5 Å². The predicted molar refractivity (Wildman–Crippen MR) is 72.1 cm³/mol. The van der Waals surface area contributed by atoms with Crippen molar-refractivity contribution in [3.05, 3.63) is 0 Å². The highest BCUT2D eigenvalue weighted by molar-refractivity contribution is 14.1. The topological polar surface area (TPSA) is 74.6 Å². The molecule has 16 heavy (non-hydrogen) atoms. The molecule has 4 aliphatic carbocycles. The SMILES string of the molecule is O=C(O)[C@@]12C[C@@]3(I)C[C@]1(I)C[C@@]3(C(=O)O)C2. The van der Waals surface area contributed by atoms with Crippen molar-refractivity contribution in [3.8, 4) is 0 Å². The minimum absolute atomic E-state index is 0.316. The molecule has 4 atom stereocenters. The molecule has 4 bridgehead atoms. The fourth-order valence-corrected chi connectivity index (χ4v) is 8.72. The van der Waals surface area contributed by atoms with Gasteiger partial charge in [0.15, 0.2) is 0 Å². The van der Waals surface area contributed by atoms with E-state index in [0.717, 1.165) is 6.42 Å². The van der Waals surface area contributed by atoms with E-state index in [9.17, 15) is 19.8 Å². The molecule has 4 saturated carbocycles. The largest absolute Gasteiger partial charge is 0.481 e. The number of carboxylic acids is 2. The van der Waals surface area contributed by atoms with Gasteiger partial charge in [0, 0.05) is 6.84 Å². The Morgan fingerprint density at radius 3 is 1.38 bits per heavy atom. The third kappa shape index (κ3) is 0.874. The van der Waals surface area contributed by atoms with E-state index in [-0.39, 0.29) is 6.84 Å². The lowest BCUT2D eigenvalue weighted by molar-refractivity contribution is -0.149. The van der Waals surface area contributed by atoms with Gasteiger partial charge in [-0.3, -0.25) is 9.59 Å². The Hall–Kier alpha value is 0.400. The van der Waals surface area contributed by atoms with E-state index in [2.05, 4.69) is 45.2 Å². The van der Waals surface area contributed by atoms with Gasteiger partial charge in [-0.15, -0.1) is 0 Å². The van der Waals surface area contributed by atoms with Crippen LogP contribution in [0.2, 0.25) is 0 Å². The molecule has 0 aliphatic heterocycles. The first-order valence-electron chi connectivity index (χ1n) is 5.06. The zero-order valence-corrected chi connectivity index (χ0v) is 12.6. The second-order valence-electron chi connectivity index (χ2n) is 5.41. The Kier molecular flexibility index (Phi) is 1.94. The second kappa shape index (κ2) is 2.70. The first-order chi connectivity index (χ1) is 7.22. The van der Waals surface area contributed by atoms with Crippen molar-refractivity contribution in [3.63, 3.8) is 0 Å². The number of carboxylic acid groups (broad SMARTS) is 2. The quantitative estimate of drug-likeness (QED) is 0.502. The Balaban J connectivity index is 2.22. The third-order valence-electron chi connectivity index (χ3n) is 4.86.